The van der Waals surface area contributed by atoms with Crippen LogP contribution in [0, 0.1) is 13.8 Å². The average molecular weight is 250 g/mol. The van der Waals surface area contributed by atoms with Gasteiger partial charge in [-0.25, -0.2) is 9.97 Å². The molecule has 1 atom stereocenters. The van der Waals surface area contributed by atoms with Crippen LogP contribution < -0.4 is 5.32 Å². The standard InChI is InChI=1S/C12H18N4S/c1-5-16-7-14-6-10(16)11(13-4)12-15-8(2)9(3)17-12/h6-7,11,13H,5H2,1-4H3. The lowest BCUT2D eigenvalue weighted by Crippen LogP contribution is -2.20. The topological polar surface area (TPSA) is 42.7 Å². The fraction of sp³-hybridized carbons (Fsp3) is 0.500. The maximum absolute atomic E-state index is 4.63. The minimum absolute atomic E-state index is 0.134. The van der Waals surface area contributed by atoms with Gasteiger partial charge in [-0.15, -0.1) is 11.3 Å². The summed E-state index contributed by atoms with van der Waals surface area (Å²) in [6, 6.07) is 0.134. The molecule has 0 saturated heterocycles. The maximum atomic E-state index is 4.63. The van der Waals surface area contributed by atoms with E-state index in [2.05, 4.69) is 40.6 Å². The number of thiazole rings is 1. The predicted molar refractivity (Wildman–Crippen MR) is 70.4 cm³/mol. The van der Waals surface area contributed by atoms with E-state index in [-0.39, 0.29) is 6.04 Å². The van der Waals surface area contributed by atoms with E-state index in [1.807, 2.05) is 19.6 Å². The van der Waals surface area contributed by atoms with Crippen LogP contribution in [0.15, 0.2) is 12.5 Å². The normalized spacial score (nSPS) is 12.9. The van der Waals surface area contributed by atoms with E-state index in [4.69, 9.17) is 0 Å². The Morgan fingerprint density at radius 2 is 2.24 bits per heavy atom. The molecular formula is C12H18N4S. The SMILES string of the molecule is CCn1cncc1C(NC)c1nc(C)c(C)s1. The summed E-state index contributed by atoms with van der Waals surface area (Å²) in [5, 5.41) is 4.43. The van der Waals surface area contributed by atoms with Crippen molar-refractivity contribution >= 4 is 11.3 Å². The second-order valence-electron chi connectivity index (χ2n) is 4.02. The number of hydrogen-bond donors (Lipinski definition) is 1. The summed E-state index contributed by atoms with van der Waals surface area (Å²) in [7, 11) is 1.96. The molecule has 0 aliphatic heterocycles. The van der Waals surface area contributed by atoms with Crippen molar-refractivity contribution in [1.82, 2.24) is 19.9 Å². The van der Waals surface area contributed by atoms with E-state index < -0.39 is 0 Å². The van der Waals surface area contributed by atoms with Crippen molar-refractivity contribution in [1.29, 1.82) is 0 Å². The highest BCUT2D eigenvalue weighted by Crippen LogP contribution is 2.27. The molecule has 17 heavy (non-hydrogen) atoms. The van der Waals surface area contributed by atoms with Crippen molar-refractivity contribution < 1.29 is 0 Å². The lowest BCUT2D eigenvalue weighted by atomic mass is 10.2. The number of nitrogens with one attached hydrogen (secondary N) is 1. The van der Waals surface area contributed by atoms with Gasteiger partial charge >= 0.3 is 0 Å². The van der Waals surface area contributed by atoms with Crippen LogP contribution >= 0.6 is 11.3 Å². The predicted octanol–water partition coefficient (Wildman–Crippen LogP) is 2.29. The Balaban J connectivity index is 2.40. The zero-order valence-electron chi connectivity index (χ0n) is 10.7. The highest BCUT2D eigenvalue weighted by Gasteiger charge is 2.19. The number of rotatable bonds is 4. The molecule has 1 unspecified atom stereocenters. The zero-order chi connectivity index (χ0) is 12.4. The summed E-state index contributed by atoms with van der Waals surface area (Å²) in [6.45, 7) is 7.21. The van der Waals surface area contributed by atoms with E-state index >= 15 is 0 Å². The lowest BCUT2D eigenvalue weighted by Gasteiger charge is -2.15. The van der Waals surface area contributed by atoms with Crippen molar-refractivity contribution in [3.63, 3.8) is 0 Å². The molecule has 2 aromatic rings. The molecule has 1 N–H and O–H groups in total. The smallest absolute Gasteiger partial charge is 0.116 e. The molecule has 2 heterocycles. The summed E-state index contributed by atoms with van der Waals surface area (Å²) in [5.74, 6) is 0. The van der Waals surface area contributed by atoms with Gasteiger partial charge < -0.3 is 9.88 Å². The van der Waals surface area contributed by atoms with Crippen molar-refractivity contribution in [2.45, 2.75) is 33.4 Å². The Morgan fingerprint density at radius 3 is 2.76 bits per heavy atom. The molecule has 2 rings (SSSR count). The van der Waals surface area contributed by atoms with E-state index in [1.54, 1.807) is 11.3 Å². The highest BCUT2D eigenvalue weighted by molar-refractivity contribution is 7.11. The molecule has 0 aliphatic rings. The molecule has 0 spiro atoms. The Morgan fingerprint density at radius 1 is 1.47 bits per heavy atom. The fourth-order valence-electron chi connectivity index (χ4n) is 1.85. The first-order valence-corrected chi connectivity index (χ1v) is 6.60. The third kappa shape index (κ3) is 2.25. The Kier molecular flexibility index (Phi) is 3.59. The van der Waals surface area contributed by atoms with Gasteiger partial charge in [-0.1, -0.05) is 0 Å². The molecule has 5 heteroatoms. The van der Waals surface area contributed by atoms with Gasteiger partial charge in [0, 0.05) is 11.4 Å². The molecule has 0 amide bonds. The number of hydrogen-bond acceptors (Lipinski definition) is 4. The van der Waals surface area contributed by atoms with Gasteiger partial charge in [0.05, 0.1) is 23.9 Å². The van der Waals surface area contributed by atoms with Gasteiger partial charge in [0.2, 0.25) is 0 Å². The third-order valence-corrected chi connectivity index (χ3v) is 4.10. The van der Waals surface area contributed by atoms with Crippen molar-refractivity contribution in [2.75, 3.05) is 7.05 Å². The molecule has 2 aromatic heterocycles. The van der Waals surface area contributed by atoms with Crippen molar-refractivity contribution in [3.8, 4) is 0 Å². The van der Waals surface area contributed by atoms with Gasteiger partial charge in [0.15, 0.2) is 0 Å². The fourth-order valence-corrected chi connectivity index (χ4v) is 2.90. The van der Waals surface area contributed by atoms with Crippen LogP contribution in [0.3, 0.4) is 0 Å². The van der Waals surface area contributed by atoms with Crippen LogP contribution in [0.25, 0.3) is 0 Å². The Labute approximate surface area is 106 Å². The quantitative estimate of drug-likeness (QED) is 0.905. The zero-order valence-corrected chi connectivity index (χ0v) is 11.5. The van der Waals surface area contributed by atoms with E-state index in [0.29, 0.717) is 0 Å². The number of imidazole rings is 1. The van der Waals surface area contributed by atoms with Gasteiger partial charge in [0.1, 0.15) is 11.0 Å². The molecular weight excluding hydrogens is 232 g/mol. The second kappa shape index (κ2) is 4.98. The molecule has 92 valence electrons. The van der Waals surface area contributed by atoms with Gasteiger partial charge in [-0.2, -0.15) is 0 Å². The molecule has 0 aliphatic carbocycles. The third-order valence-electron chi connectivity index (χ3n) is 2.96. The summed E-state index contributed by atoms with van der Waals surface area (Å²) in [6.07, 6.45) is 3.78. The van der Waals surface area contributed by atoms with Crippen LogP contribution in [-0.2, 0) is 6.54 Å². The Hall–Kier alpha value is -1.20. The summed E-state index contributed by atoms with van der Waals surface area (Å²) in [5.41, 5.74) is 2.29. The van der Waals surface area contributed by atoms with E-state index in [9.17, 15) is 0 Å². The second-order valence-corrected chi connectivity index (χ2v) is 5.25. The van der Waals surface area contributed by atoms with Crippen LogP contribution in [-0.4, -0.2) is 21.6 Å². The average Bonchev–Trinajstić information content (AvgIpc) is 2.89. The summed E-state index contributed by atoms with van der Waals surface area (Å²) >= 11 is 1.75. The molecule has 0 bridgehead atoms. The first-order chi connectivity index (χ1) is 8.17. The van der Waals surface area contributed by atoms with E-state index in [0.717, 1.165) is 17.2 Å². The van der Waals surface area contributed by atoms with Crippen LogP contribution in [0.5, 0.6) is 0 Å². The lowest BCUT2D eigenvalue weighted by molar-refractivity contribution is 0.605. The summed E-state index contributed by atoms with van der Waals surface area (Å²) in [4.78, 5) is 10.1. The van der Waals surface area contributed by atoms with Crippen LogP contribution in [0.2, 0.25) is 0 Å². The van der Waals surface area contributed by atoms with Gasteiger partial charge in [-0.3, -0.25) is 0 Å². The first-order valence-electron chi connectivity index (χ1n) is 5.78. The van der Waals surface area contributed by atoms with Crippen molar-refractivity contribution in [2.24, 2.45) is 0 Å². The molecule has 0 saturated carbocycles. The van der Waals surface area contributed by atoms with Crippen LogP contribution in [0.4, 0.5) is 0 Å². The van der Waals surface area contributed by atoms with Crippen molar-refractivity contribution in [3.05, 3.63) is 33.8 Å². The van der Waals surface area contributed by atoms with Crippen LogP contribution in [0.1, 0.15) is 34.2 Å². The Bertz CT molecular complexity index is 481. The number of aromatic nitrogens is 3. The number of nitrogens with zero attached hydrogens (tertiary/aromatic N) is 3. The minimum atomic E-state index is 0.134. The minimum Gasteiger partial charge on any atom is -0.333 e. The van der Waals surface area contributed by atoms with E-state index in [1.165, 1.54) is 10.6 Å². The largest absolute Gasteiger partial charge is 0.333 e. The molecule has 0 radical (unpaired) electrons. The molecule has 4 nitrogen and oxygen atoms in total. The summed E-state index contributed by atoms with van der Waals surface area (Å²) < 4.78 is 2.15. The first kappa shape index (κ1) is 12.3. The molecule has 0 fully saturated rings. The maximum Gasteiger partial charge on any atom is 0.116 e. The monoisotopic (exact) mass is 250 g/mol. The number of aryl methyl sites for hydroxylation is 3. The highest BCUT2D eigenvalue weighted by atomic mass is 32.1. The van der Waals surface area contributed by atoms with Gasteiger partial charge in [-0.05, 0) is 27.8 Å². The van der Waals surface area contributed by atoms with Gasteiger partial charge in [0.25, 0.3) is 0 Å². The molecule has 0 aromatic carbocycles.